The van der Waals surface area contributed by atoms with Crippen molar-refractivity contribution in [3.05, 3.63) is 71.8 Å². The Labute approximate surface area is 235 Å². The maximum atomic E-state index is 11.8. The van der Waals surface area contributed by atoms with Crippen molar-refractivity contribution in [1.29, 1.82) is 0 Å². The molecule has 2 aromatic carbocycles. The molecule has 40 heavy (non-hydrogen) atoms. The van der Waals surface area contributed by atoms with Crippen LogP contribution in [0.15, 0.2) is 71.0 Å². The lowest BCUT2D eigenvalue weighted by Crippen LogP contribution is -2.36. The van der Waals surface area contributed by atoms with Gasteiger partial charge in [-0.25, -0.2) is 0 Å². The number of hydrogen-bond donors (Lipinski definition) is 1. The number of benzene rings is 2. The van der Waals surface area contributed by atoms with E-state index >= 15 is 0 Å². The molecule has 4 aliphatic rings. The molecule has 2 aliphatic heterocycles. The van der Waals surface area contributed by atoms with Gasteiger partial charge in [-0.2, -0.15) is 0 Å². The Balaban J connectivity index is 0.000000162. The molecule has 1 N–H and O–H groups in total. The number of hydrogen-bond acceptors (Lipinski definition) is 7. The lowest BCUT2D eigenvalue weighted by Gasteiger charge is -2.33. The first-order chi connectivity index (χ1) is 19.4. The molecule has 0 aromatic heterocycles. The van der Waals surface area contributed by atoms with Gasteiger partial charge in [0.2, 0.25) is 0 Å². The quantitative estimate of drug-likeness (QED) is 0.452. The van der Waals surface area contributed by atoms with Gasteiger partial charge in [0.15, 0.2) is 0 Å². The zero-order chi connectivity index (χ0) is 28.0. The smallest absolute Gasteiger partial charge is 0.308 e. The number of oxime groups is 2. The summed E-state index contributed by atoms with van der Waals surface area (Å²) in [6.45, 7) is 2.31. The summed E-state index contributed by atoms with van der Waals surface area (Å²) in [7, 11) is 0. The first-order valence-electron chi connectivity index (χ1n) is 14.4. The fraction of sp³-hybridized carbons (Fsp3) is 0.500. The Kier molecular flexibility index (Phi) is 8.52. The van der Waals surface area contributed by atoms with Crippen LogP contribution in [0.3, 0.4) is 0 Å². The highest BCUT2D eigenvalue weighted by Gasteiger charge is 2.45. The standard InChI is InChI=1S/C17H21NO3.C15H17NO3/c1-2-20-16(19)14-8-10-17(11-9-14)12-15(18-21-17)13-6-4-3-5-7-13;17-14(18)12-6-8-15(9-7-12)10-13(16-19-15)11-4-2-1-3-5-11/h3-7,14H,2,8-12H2,1H3;1-5,12H,6-10H2,(H,17,18). The van der Waals surface area contributed by atoms with E-state index in [4.69, 9.17) is 19.5 Å². The van der Waals surface area contributed by atoms with E-state index in [1.807, 2.05) is 55.5 Å². The molecule has 2 spiro atoms. The zero-order valence-electron chi connectivity index (χ0n) is 23.1. The van der Waals surface area contributed by atoms with Crippen LogP contribution in [0.5, 0.6) is 0 Å². The molecule has 212 valence electrons. The summed E-state index contributed by atoms with van der Waals surface area (Å²) in [5.74, 6) is -0.929. The van der Waals surface area contributed by atoms with Crippen LogP contribution in [-0.4, -0.2) is 46.3 Å². The molecule has 0 unspecified atom stereocenters. The summed E-state index contributed by atoms with van der Waals surface area (Å²) in [6.07, 6.45) is 7.98. The largest absolute Gasteiger partial charge is 0.481 e. The summed E-state index contributed by atoms with van der Waals surface area (Å²) in [5.41, 5.74) is 3.77. The van der Waals surface area contributed by atoms with E-state index in [1.54, 1.807) is 0 Å². The first kappa shape index (κ1) is 27.9. The predicted molar refractivity (Wildman–Crippen MR) is 151 cm³/mol. The van der Waals surface area contributed by atoms with Crippen molar-refractivity contribution >= 4 is 23.4 Å². The van der Waals surface area contributed by atoms with Crippen LogP contribution in [0.25, 0.3) is 0 Å². The van der Waals surface area contributed by atoms with Gasteiger partial charge in [0.1, 0.15) is 11.2 Å². The molecule has 2 aliphatic carbocycles. The average molecular weight is 547 g/mol. The second-order valence-electron chi connectivity index (χ2n) is 11.3. The first-order valence-corrected chi connectivity index (χ1v) is 14.4. The number of esters is 1. The van der Waals surface area contributed by atoms with Crippen LogP contribution in [0.4, 0.5) is 0 Å². The van der Waals surface area contributed by atoms with Gasteiger partial charge in [0.05, 0.1) is 29.9 Å². The van der Waals surface area contributed by atoms with Gasteiger partial charge < -0.3 is 19.5 Å². The highest BCUT2D eigenvalue weighted by molar-refractivity contribution is 6.02. The number of carbonyl (C=O) groups excluding carboxylic acids is 1. The van der Waals surface area contributed by atoms with Crippen molar-refractivity contribution < 1.29 is 29.1 Å². The lowest BCUT2D eigenvalue weighted by atomic mass is 9.76. The van der Waals surface area contributed by atoms with Crippen molar-refractivity contribution in [3.63, 3.8) is 0 Å². The van der Waals surface area contributed by atoms with Gasteiger partial charge in [0.25, 0.3) is 0 Å². The second kappa shape index (κ2) is 12.2. The maximum Gasteiger partial charge on any atom is 0.308 e. The number of nitrogens with zero attached hydrogens (tertiary/aromatic N) is 2. The van der Waals surface area contributed by atoms with E-state index in [1.165, 1.54) is 0 Å². The highest BCUT2D eigenvalue weighted by Crippen LogP contribution is 2.43. The van der Waals surface area contributed by atoms with Crippen molar-refractivity contribution in [2.45, 2.75) is 82.3 Å². The maximum absolute atomic E-state index is 11.8. The minimum absolute atomic E-state index is 0.0277. The number of carboxylic acid groups (broad SMARTS) is 1. The Bertz CT molecular complexity index is 1230. The van der Waals surface area contributed by atoms with Gasteiger partial charge in [-0.1, -0.05) is 71.0 Å². The van der Waals surface area contributed by atoms with Crippen LogP contribution in [-0.2, 0) is 24.0 Å². The molecule has 2 fully saturated rings. The van der Waals surface area contributed by atoms with Crippen LogP contribution < -0.4 is 0 Å². The second-order valence-corrected chi connectivity index (χ2v) is 11.3. The fourth-order valence-electron chi connectivity index (χ4n) is 6.18. The minimum Gasteiger partial charge on any atom is -0.481 e. The van der Waals surface area contributed by atoms with E-state index in [2.05, 4.69) is 22.4 Å². The summed E-state index contributed by atoms with van der Waals surface area (Å²) >= 11 is 0. The number of aliphatic carboxylic acids is 1. The van der Waals surface area contributed by atoms with Crippen molar-refractivity contribution in [1.82, 2.24) is 0 Å². The van der Waals surface area contributed by atoms with Crippen molar-refractivity contribution in [3.8, 4) is 0 Å². The highest BCUT2D eigenvalue weighted by atomic mass is 16.7. The van der Waals surface area contributed by atoms with E-state index in [0.717, 1.165) is 73.9 Å². The molecule has 0 bridgehead atoms. The normalized spacial score (nSPS) is 28.9. The third-order valence-electron chi connectivity index (χ3n) is 8.66. The zero-order valence-corrected chi connectivity index (χ0v) is 23.1. The summed E-state index contributed by atoms with van der Waals surface area (Å²) in [5, 5.41) is 17.5. The lowest BCUT2D eigenvalue weighted by molar-refractivity contribution is -0.152. The van der Waals surface area contributed by atoms with E-state index in [-0.39, 0.29) is 29.0 Å². The van der Waals surface area contributed by atoms with Crippen LogP contribution in [0, 0.1) is 11.8 Å². The summed E-state index contributed by atoms with van der Waals surface area (Å²) in [6, 6.07) is 20.2. The molecule has 2 heterocycles. The Morgan fingerprint density at radius 1 is 0.775 bits per heavy atom. The molecule has 8 nitrogen and oxygen atoms in total. The number of rotatable bonds is 5. The molecular weight excluding hydrogens is 508 g/mol. The predicted octanol–water partition coefficient (Wildman–Crippen LogP) is 6.13. The molecular formula is C32H38N2O6. The van der Waals surface area contributed by atoms with Gasteiger partial charge in [0, 0.05) is 12.8 Å². The van der Waals surface area contributed by atoms with E-state index < -0.39 is 5.97 Å². The third kappa shape index (κ3) is 6.37. The van der Waals surface area contributed by atoms with Gasteiger partial charge in [-0.15, -0.1) is 0 Å². The molecule has 2 aromatic rings. The number of carbonyl (C=O) groups is 2. The topological polar surface area (TPSA) is 107 Å². The fourth-order valence-corrected chi connectivity index (χ4v) is 6.18. The van der Waals surface area contributed by atoms with Crippen LogP contribution >= 0.6 is 0 Å². The molecule has 2 saturated carbocycles. The van der Waals surface area contributed by atoms with E-state index in [0.29, 0.717) is 19.4 Å². The van der Waals surface area contributed by atoms with Crippen molar-refractivity contribution in [2.24, 2.45) is 22.1 Å². The molecule has 6 rings (SSSR count). The molecule has 8 heteroatoms. The number of carboxylic acids is 1. The van der Waals surface area contributed by atoms with Crippen LogP contribution in [0.1, 0.15) is 82.3 Å². The summed E-state index contributed by atoms with van der Waals surface area (Å²) in [4.78, 5) is 34.2. The Morgan fingerprint density at radius 3 is 1.60 bits per heavy atom. The summed E-state index contributed by atoms with van der Waals surface area (Å²) < 4.78 is 5.11. The molecule has 0 amide bonds. The monoisotopic (exact) mass is 546 g/mol. The van der Waals surface area contributed by atoms with Crippen molar-refractivity contribution in [2.75, 3.05) is 6.61 Å². The van der Waals surface area contributed by atoms with Gasteiger partial charge >= 0.3 is 11.9 Å². The molecule has 0 atom stereocenters. The Hall–Kier alpha value is -3.68. The van der Waals surface area contributed by atoms with Gasteiger partial charge in [-0.05, 0) is 69.4 Å². The minimum atomic E-state index is -0.683. The number of ether oxygens (including phenoxy) is 1. The van der Waals surface area contributed by atoms with Crippen LogP contribution in [0.2, 0.25) is 0 Å². The Morgan fingerprint density at radius 2 is 1.20 bits per heavy atom. The van der Waals surface area contributed by atoms with E-state index in [9.17, 15) is 9.59 Å². The third-order valence-corrected chi connectivity index (χ3v) is 8.66. The molecule has 0 saturated heterocycles. The molecule has 0 radical (unpaired) electrons. The SMILES string of the molecule is CCOC(=O)C1CCC2(CC1)CC(c1ccccc1)=NO2.O=C(O)C1CCC2(CC1)CC(c1ccccc1)=NO2. The average Bonchev–Trinajstić information content (AvgIpc) is 3.60. The van der Waals surface area contributed by atoms with Gasteiger partial charge in [-0.3, -0.25) is 9.59 Å².